The molecule has 1 saturated carbocycles. The molecular weight excluding hydrogens is 342 g/mol. The average molecular weight is 367 g/mol. The van der Waals surface area contributed by atoms with Gasteiger partial charge in [0.1, 0.15) is 0 Å². The van der Waals surface area contributed by atoms with Gasteiger partial charge in [-0.2, -0.15) is 0 Å². The summed E-state index contributed by atoms with van der Waals surface area (Å²) in [6.45, 7) is 2.11. The fourth-order valence-electron chi connectivity index (χ4n) is 3.23. The topological polar surface area (TPSA) is 57.7 Å². The molecule has 0 bridgehead atoms. The molecule has 0 amide bonds. The molecular formula is C22H25NO4. The van der Waals surface area contributed by atoms with Crippen LogP contribution in [0.3, 0.4) is 0 Å². The number of carbonyl (C=O) groups excluding carboxylic acids is 1. The first-order chi connectivity index (χ1) is 13.2. The Bertz CT molecular complexity index is 795. The van der Waals surface area contributed by atoms with E-state index in [0.29, 0.717) is 23.7 Å². The lowest BCUT2D eigenvalue weighted by Gasteiger charge is -2.16. The average Bonchev–Trinajstić information content (AvgIpc) is 3.20. The number of rotatable bonds is 7. The number of nitrogens with zero attached hydrogens (tertiary/aromatic N) is 1. The van der Waals surface area contributed by atoms with Crippen molar-refractivity contribution in [1.29, 1.82) is 0 Å². The molecule has 0 saturated heterocycles. The van der Waals surface area contributed by atoms with E-state index in [0.717, 1.165) is 24.0 Å². The first-order valence-corrected chi connectivity index (χ1v) is 9.35. The molecule has 142 valence electrons. The summed E-state index contributed by atoms with van der Waals surface area (Å²) < 4.78 is 16.8. The standard InChI is InChI=1S/C22H25NO4/c1-3-26-22(24)19(17-10-12-23-13-11-17)14-16-8-9-20(25-2)21(15-16)27-18-6-4-5-7-18/h8-15,18H,3-7H2,1-2H3. The number of benzene rings is 1. The van der Waals surface area contributed by atoms with E-state index in [9.17, 15) is 4.79 Å². The Hall–Kier alpha value is -2.82. The summed E-state index contributed by atoms with van der Waals surface area (Å²) in [7, 11) is 1.63. The van der Waals surface area contributed by atoms with E-state index < -0.39 is 0 Å². The van der Waals surface area contributed by atoms with Gasteiger partial charge in [-0.15, -0.1) is 0 Å². The van der Waals surface area contributed by atoms with Gasteiger partial charge in [0, 0.05) is 12.4 Å². The van der Waals surface area contributed by atoms with Crippen molar-refractivity contribution >= 4 is 17.6 Å². The highest BCUT2D eigenvalue weighted by atomic mass is 16.5. The van der Waals surface area contributed by atoms with Crippen molar-refractivity contribution in [2.24, 2.45) is 0 Å². The maximum Gasteiger partial charge on any atom is 0.338 e. The van der Waals surface area contributed by atoms with Crippen LogP contribution in [0.5, 0.6) is 11.5 Å². The maximum absolute atomic E-state index is 12.5. The molecule has 1 aliphatic carbocycles. The second kappa shape index (κ2) is 9.21. The zero-order valence-corrected chi connectivity index (χ0v) is 15.8. The van der Waals surface area contributed by atoms with E-state index in [1.54, 1.807) is 38.6 Å². The summed E-state index contributed by atoms with van der Waals surface area (Å²) in [4.78, 5) is 16.5. The number of pyridine rings is 1. The summed E-state index contributed by atoms with van der Waals surface area (Å²) in [5.74, 6) is 1.04. The van der Waals surface area contributed by atoms with Crippen LogP contribution in [0.1, 0.15) is 43.7 Å². The third-order valence-electron chi connectivity index (χ3n) is 4.58. The van der Waals surface area contributed by atoms with Crippen LogP contribution in [0.2, 0.25) is 0 Å². The first kappa shape index (κ1) is 19.0. The molecule has 5 heteroatoms. The van der Waals surface area contributed by atoms with Gasteiger partial charge >= 0.3 is 5.97 Å². The number of aromatic nitrogens is 1. The van der Waals surface area contributed by atoms with Gasteiger partial charge in [-0.25, -0.2) is 4.79 Å². The zero-order valence-electron chi connectivity index (χ0n) is 15.8. The first-order valence-electron chi connectivity index (χ1n) is 9.35. The van der Waals surface area contributed by atoms with E-state index >= 15 is 0 Å². The van der Waals surface area contributed by atoms with Crippen LogP contribution in [0.4, 0.5) is 0 Å². The third-order valence-corrected chi connectivity index (χ3v) is 4.58. The lowest BCUT2D eigenvalue weighted by atomic mass is 10.0. The number of methoxy groups -OCH3 is 1. The zero-order chi connectivity index (χ0) is 19.1. The van der Waals surface area contributed by atoms with Crippen molar-refractivity contribution in [2.75, 3.05) is 13.7 Å². The summed E-state index contributed by atoms with van der Waals surface area (Å²) in [5.41, 5.74) is 2.09. The largest absolute Gasteiger partial charge is 0.493 e. The Morgan fingerprint density at radius 3 is 2.56 bits per heavy atom. The van der Waals surface area contributed by atoms with E-state index in [4.69, 9.17) is 14.2 Å². The van der Waals surface area contributed by atoms with Gasteiger partial charge in [0.2, 0.25) is 0 Å². The monoisotopic (exact) mass is 367 g/mol. The van der Waals surface area contributed by atoms with Gasteiger partial charge in [-0.05, 0) is 74.1 Å². The number of carbonyl (C=O) groups is 1. The highest BCUT2D eigenvalue weighted by molar-refractivity contribution is 6.21. The lowest BCUT2D eigenvalue weighted by Crippen LogP contribution is -2.11. The smallest absolute Gasteiger partial charge is 0.338 e. The van der Waals surface area contributed by atoms with Gasteiger partial charge in [0.15, 0.2) is 11.5 Å². The van der Waals surface area contributed by atoms with E-state index in [2.05, 4.69) is 4.98 Å². The van der Waals surface area contributed by atoms with Crippen LogP contribution in [0, 0.1) is 0 Å². The van der Waals surface area contributed by atoms with Gasteiger partial charge < -0.3 is 14.2 Å². The molecule has 3 rings (SSSR count). The summed E-state index contributed by atoms with van der Waals surface area (Å²) in [6.07, 6.45) is 9.87. The van der Waals surface area contributed by atoms with E-state index in [1.807, 2.05) is 24.3 Å². The summed E-state index contributed by atoms with van der Waals surface area (Å²) in [6, 6.07) is 9.27. The molecule has 0 N–H and O–H groups in total. The Kier molecular flexibility index (Phi) is 6.47. The molecule has 27 heavy (non-hydrogen) atoms. The molecule has 0 radical (unpaired) electrons. The summed E-state index contributed by atoms with van der Waals surface area (Å²) in [5, 5.41) is 0. The third kappa shape index (κ3) is 4.88. The van der Waals surface area contributed by atoms with Crippen molar-refractivity contribution in [3.05, 3.63) is 53.9 Å². The number of ether oxygens (including phenoxy) is 3. The van der Waals surface area contributed by atoms with Crippen molar-refractivity contribution in [3.8, 4) is 11.5 Å². The SMILES string of the molecule is CCOC(=O)C(=Cc1ccc(OC)c(OC2CCCC2)c1)c1ccncc1. The highest BCUT2D eigenvalue weighted by Gasteiger charge is 2.19. The summed E-state index contributed by atoms with van der Waals surface area (Å²) >= 11 is 0. The molecule has 1 aromatic carbocycles. The quantitative estimate of drug-likeness (QED) is 0.532. The van der Waals surface area contributed by atoms with Crippen LogP contribution in [0.25, 0.3) is 11.6 Å². The second-order valence-corrected chi connectivity index (χ2v) is 6.45. The van der Waals surface area contributed by atoms with Crippen LogP contribution < -0.4 is 9.47 Å². The Morgan fingerprint density at radius 2 is 1.89 bits per heavy atom. The van der Waals surface area contributed by atoms with Gasteiger partial charge in [0.05, 0.1) is 25.4 Å². The highest BCUT2D eigenvalue weighted by Crippen LogP contribution is 2.33. The predicted octanol–water partition coefficient (Wildman–Crippen LogP) is 4.52. The molecule has 1 fully saturated rings. The fraction of sp³-hybridized carbons (Fsp3) is 0.364. The van der Waals surface area contributed by atoms with Crippen LogP contribution >= 0.6 is 0 Å². The minimum absolute atomic E-state index is 0.225. The van der Waals surface area contributed by atoms with Crippen molar-refractivity contribution in [2.45, 2.75) is 38.7 Å². The molecule has 2 aromatic rings. The van der Waals surface area contributed by atoms with Crippen molar-refractivity contribution in [1.82, 2.24) is 4.98 Å². The molecule has 1 heterocycles. The fourth-order valence-corrected chi connectivity index (χ4v) is 3.23. The lowest BCUT2D eigenvalue weighted by molar-refractivity contribution is -0.136. The molecule has 0 atom stereocenters. The minimum atomic E-state index is -0.363. The van der Waals surface area contributed by atoms with Gasteiger partial charge in [0.25, 0.3) is 0 Å². The van der Waals surface area contributed by atoms with E-state index in [-0.39, 0.29) is 12.1 Å². The maximum atomic E-state index is 12.5. The number of hydrogen-bond donors (Lipinski definition) is 0. The Morgan fingerprint density at radius 1 is 1.15 bits per heavy atom. The van der Waals surface area contributed by atoms with Gasteiger partial charge in [-0.3, -0.25) is 4.98 Å². The van der Waals surface area contributed by atoms with Crippen LogP contribution in [0.15, 0.2) is 42.7 Å². The van der Waals surface area contributed by atoms with Crippen molar-refractivity contribution < 1.29 is 19.0 Å². The molecule has 1 aromatic heterocycles. The number of hydrogen-bond acceptors (Lipinski definition) is 5. The normalized spacial score (nSPS) is 14.8. The van der Waals surface area contributed by atoms with Crippen LogP contribution in [-0.4, -0.2) is 30.8 Å². The molecule has 0 aliphatic heterocycles. The van der Waals surface area contributed by atoms with Crippen LogP contribution in [-0.2, 0) is 9.53 Å². The van der Waals surface area contributed by atoms with Crippen molar-refractivity contribution in [3.63, 3.8) is 0 Å². The van der Waals surface area contributed by atoms with Gasteiger partial charge in [-0.1, -0.05) is 6.07 Å². The molecule has 5 nitrogen and oxygen atoms in total. The Labute approximate surface area is 160 Å². The second-order valence-electron chi connectivity index (χ2n) is 6.45. The minimum Gasteiger partial charge on any atom is -0.493 e. The number of esters is 1. The molecule has 1 aliphatic rings. The Balaban J connectivity index is 1.95. The molecule has 0 spiro atoms. The molecule has 0 unspecified atom stereocenters. The predicted molar refractivity (Wildman–Crippen MR) is 105 cm³/mol. The van der Waals surface area contributed by atoms with E-state index in [1.165, 1.54) is 12.8 Å².